The molecule has 0 aliphatic heterocycles. The molecule has 1 aromatic heterocycles. The smallest absolute Gasteiger partial charge is 0.137 e. The average molecular weight is 618 g/mol. The minimum Gasteiger partial charge on any atom is -0.295 e. The number of halogens is 1. The zero-order valence-electron chi connectivity index (χ0n) is 25.9. The van der Waals surface area contributed by atoms with E-state index in [1.807, 2.05) is 35.4 Å². The molecule has 0 saturated carbocycles. The van der Waals surface area contributed by atoms with Gasteiger partial charge in [0, 0.05) is 17.6 Å². The van der Waals surface area contributed by atoms with Crippen LogP contribution >= 0.6 is 0 Å². The van der Waals surface area contributed by atoms with Gasteiger partial charge in [0.15, 0.2) is 0 Å². The van der Waals surface area contributed by atoms with Gasteiger partial charge in [-0.25, -0.2) is 9.37 Å². The standard InChI is InChI=1S/C44H28FN3/c45-33-20-24-35(25-21-33)48(34-22-16-30(28-46)17-23-34)43-27-19-31(29-47-43)18-26-39-37-11-3-5-13-41(37)44(42-14-6-4-12-38(39)42)40-15-7-9-32-8-1-2-10-36(32)40/h1-27,29H. The van der Waals surface area contributed by atoms with Crippen molar-refractivity contribution < 1.29 is 4.39 Å². The molecule has 8 aromatic rings. The van der Waals surface area contributed by atoms with Gasteiger partial charge in [0.05, 0.1) is 11.6 Å². The molecule has 0 radical (unpaired) electrons. The van der Waals surface area contributed by atoms with Crippen molar-refractivity contribution in [3.05, 3.63) is 180 Å². The first-order valence-corrected chi connectivity index (χ1v) is 15.8. The molecule has 7 aromatic carbocycles. The molecule has 3 nitrogen and oxygen atoms in total. The zero-order chi connectivity index (χ0) is 32.5. The fraction of sp³-hybridized carbons (Fsp3) is 0. The van der Waals surface area contributed by atoms with Gasteiger partial charge in [-0.05, 0) is 115 Å². The molecule has 1 heterocycles. The van der Waals surface area contributed by atoms with Gasteiger partial charge >= 0.3 is 0 Å². The van der Waals surface area contributed by atoms with Crippen LogP contribution in [0, 0.1) is 17.1 Å². The zero-order valence-corrected chi connectivity index (χ0v) is 25.9. The fourth-order valence-corrected chi connectivity index (χ4v) is 6.57. The van der Waals surface area contributed by atoms with Crippen molar-refractivity contribution in [1.82, 2.24) is 4.98 Å². The lowest BCUT2D eigenvalue weighted by molar-refractivity contribution is 0.628. The maximum atomic E-state index is 13.8. The SMILES string of the molecule is N#Cc1ccc(N(c2ccc(F)cc2)c2ccc(C=Cc3c4ccccc4c(-c4cccc5ccccc45)c4ccccc34)cn2)cc1. The number of hydrogen-bond acceptors (Lipinski definition) is 3. The van der Waals surface area contributed by atoms with Gasteiger partial charge in [-0.15, -0.1) is 0 Å². The molecule has 0 atom stereocenters. The first-order chi connectivity index (χ1) is 23.7. The third-order valence-corrected chi connectivity index (χ3v) is 8.81. The van der Waals surface area contributed by atoms with E-state index in [4.69, 9.17) is 4.98 Å². The molecule has 0 aliphatic rings. The van der Waals surface area contributed by atoms with E-state index in [9.17, 15) is 9.65 Å². The average Bonchev–Trinajstić information content (AvgIpc) is 3.15. The second-order valence-corrected chi connectivity index (χ2v) is 11.7. The van der Waals surface area contributed by atoms with E-state index in [0.717, 1.165) is 22.5 Å². The van der Waals surface area contributed by atoms with E-state index >= 15 is 0 Å². The number of fused-ring (bicyclic) bond motifs is 3. The van der Waals surface area contributed by atoms with Crippen LogP contribution in [-0.4, -0.2) is 4.98 Å². The number of nitrogens with zero attached hydrogens (tertiary/aromatic N) is 3. The first kappa shape index (κ1) is 28.9. The van der Waals surface area contributed by atoms with Crippen LogP contribution in [0.3, 0.4) is 0 Å². The summed E-state index contributed by atoms with van der Waals surface area (Å²) in [7, 11) is 0. The number of pyridine rings is 1. The van der Waals surface area contributed by atoms with Gasteiger partial charge in [0.1, 0.15) is 11.6 Å². The van der Waals surface area contributed by atoms with Crippen molar-refractivity contribution in [3.63, 3.8) is 0 Å². The summed E-state index contributed by atoms with van der Waals surface area (Å²) in [6.45, 7) is 0. The van der Waals surface area contributed by atoms with Crippen molar-refractivity contribution in [2.45, 2.75) is 0 Å². The number of hydrogen-bond donors (Lipinski definition) is 0. The Labute approximate surface area is 278 Å². The predicted octanol–water partition coefficient (Wildman–Crippen LogP) is 11.9. The summed E-state index contributed by atoms with van der Waals surface area (Å²) in [5.74, 6) is 0.371. The quantitative estimate of drug-likeness (QED) is 0.174. The molecular weight excluding hydrogens is 590 g/mol. The van der Waals surface area contributed by atoms with Gasteiger partial charge in [-0.1, -0.05) is 103 Å². The van der Waals surface area contributed by atoms with Crippen LogP contribution in [0.15, 0.2) is 158 Å². The van der Waals surface area contributed by atoms with Crippen molar-refractivity contribution in [2.24, 2.45) is 0 Å². The van der Waals surface area contributed by atoms with Crippen molar-refractivity contribution in [2.75, 3.05) is 4.90 Å². The monoisotopic (exact) mass is 617 g/mol. The third-order valence-electron chi connectivity index (χ3n) is 8.81. The molecule has 226 valence electrons. The van der Waals surface area contributed by atoms with E-state index in [2.05, 4.69) is 109 Å². The summed E-state index contributed by atoms with van der Waals surface area (Å²) in [5.41, 5.74) is 6.72. The Kier molecular flexibility index (Phi) is 7.41. The molecule has 0 unspecified atom stereocenters. The van der Waals surface area contributed by atoms with E-state index in [-0.39, 0.29) is 5.82 Å². The number of anilines is 3. The lowest BCUT2D eigenvalue weighted by Gasteiger charge is -2.24. The molecule has 8 rings (SSSR count). The van der Waals surface area contributed by atoms with E-state index in [1.54, 1.807) is 24.3 Å². The largest absolute Gasteiger partial charge is 0.295 e. The topological polar surface area (TPSA) is 39.9 Å². The third kappa shape index (κ3) is 5.24. The Morgan fingerprint density at radius 3 is 1.77 bits per heavy atom. The summed E-state index contributed by atoms with van der Waals surface area (Å²) in [6.07, 6.45) is 6.14. The second-order valence-electron chi connectivity index (χ2n) is 11.7. The highest BCUT2D eigenvalue weighted by molar-refractivity contribution is 6.20. The lowest BCUT2D eigenvalue weighted by atomic mass is 9.86. The molecule has 0 aliphatic carbocycles. The van der Waals surface area contributed by atoms with Crippen LogP contribution in [0.25, 0.3) is 55.6 Å². The Hall–Kier alpha value is -6.57. The van der Waals surface area contributed by atoms with E-state index < -0.39 is 0 Å². The Morgan fingerprint density at radius 1 is 0.562 bits per heavy atom. The van der Waals surface area contributed by atoms with Gasteiger partial charge in [0.25, 0.3) is 0 Å². The summed E-state index contributed by atoms with van der Waals surface area (Å²) in [5, 5.41) is 16.5. The van der Waals surface area contributed by atoms with Crippen LogP contribution in [-0.2, 0) is 0 Å². The molecule has 4 heteroatoms. The van der Waals surface area contributed by atoms with E-state index in [0.29, 0.717) is 11.4 Å². The van der Waals surface area contributed by atoms with Crippen molar-refractivity contribution in [3.8, 4) is 17.2 Å². The molecule has 0 saturated heterocycles. The molecule has 0 spiro atoms. The summed E-state index contributed by atoms with van der Waals surface area (Å²) in [6, 6.07) is 52.1. The Bertz CT molecular complexity index is 2450. The number of nitriles is 1. The number of rotatable bonds is 6. The molecule has 0 N–H and O–H groups in total. The molecule has 0 bridgehead atoms. The lowest BCUT2D eigenvalue weighted by Crippen LogP contribution is -2.11. The predicted molar refractivity (Wildman–Crippen MR) is 197 cm³/mol. The molecule has 48 heavy (non-hydrogen) atoms. The summed E-state index contributed by atoms with van der Waals surface area (Å²) >= 11 is 0. The maximum Gasteiger partial charge on any atom is 0.137 e. The summed E-state index contributed by atoms with van der Waals surface area (Å²) in [4.78, 5) is 6.78. The van der Waals surface area contributed by atoms with Crippen molar-refractivity contribution >= 4 is 61.7 Å². The molecule has 0 fully saturated rings. The first-order valence-electron chi connectivity index (χ1n) is 15.8. The highest BCUT2D eigenvalue weighted by atomic mass is 19.1. The van der Waals surface area contributed by atoms with Gasteiger partial charge in [-0.2, -0.15) is 5.26 Å². The Balaban J connectivity index is 1.22. The minimum atomic E-state index is -0.308. The van der Waals surface area contributed by atoms with Crippen LogP contribution in [0.1, 0.15) is 16.7 Å². The van der Waals surface area contributed by atoms with Crippen LogP contribution in [0.5, 0.6) is 0 Å². The maximum absolute atomic E-state index is 13.8. The minimum absolute atomic E-state index is 0.308. The van der Waals surface area contributed by atoms with Gasteiger partial charge < -0.3 is 0 Å². The van der Waals surface area contributed by atoms with Crippen molar-refractivity contribution in [1.29, 1.82) is 5.26 Å². The highest BCUT2D eigenvalue weighted by Gasteiger charge is 2.16. The fourth-order valence-electron chi connectivity index (χ4n) is 6.57. The van der Waals surface area contributed by atoms with Crippen LogP contribution in [0.4, 0.5) is 21.6 Å². The van der Waals surface area contributed by atoms with Crippen LogP contribution < -0.4 is 4.90 Å². The van der Waals surface area contributed by atoms with Gasteiger partial charge in [-0.3, -0.25) is 4.90 Å². The number of benzene rings is 7. The Morgan fingerprint density at radius 2 is 1.15 bits per heavy atom. The van der Waals surface area contributed by atoms with Crippen LogP contribution in [0.2, 0.25) is 0 Å². The van der Waals surface area contributed by atoms with E-state index in [1.165, 1.54) is 55.6 Å². The molecule has 0 amide bonds. The second kappa shape index (κ2) is 12.3. The molecular formula is C44H28FN3. The number of aromatic nitrogens is 1. The highest BCUT2D eigenvalue weighted by Crippen LogP contribution is 2.42. The van der Waals surface area contributed by atoms with Gasteiger partial charge in [0.2, 0.25) is 0 Å². The summed E-state index contributed by atoms with van der Waals surface area (Å²) < 4.78 is 13.8. The normalized spacial score (nSPS) is 11.3.